The van der Waals surface area contributed by atoms with E-state index in [9.17, 15) is 13.2 Å². The average molecular weight is 391 g/mol. The maximum absolute atomic E-state index is 13.2. The number of pyridine rings is 1. The molecule has 0 aromatic carbocycles. The van der Waals surface area contributed by atoms with Gasteiger partial charge in [-0.1, -0.05) is 6.92 Å². The van der Waals surface area contributed by atoms with Crippen LogP contribution in [0.2, 0.25) is 0 Å². The number of fused-ring (bicyclic) bond motifs is 1. The third kappa shape index (κ3) is 3.58. The second kappa shape index (κ2) is 6.87. The highest BCUT2D eigenvalue weighted by Gasteiger charge is 2.31. The van der Waals surface area contributed by atoms with E-state index in [1.165, 1.54) is 10.6 Å². The lowest BCUT2D eigenvalue weighted by atomic mass is 10.1. The fraction of sp³-hybridized carbons (Fsp3) is 0.611. The van der Waals surface area contributed by atoms with E-state index in [-0.39, 0.29) is 5.91 Å². The summed E-state index contributed by atoms with van der Waals surface area (Å²) < 4.78 is 26.7. The number of carbonyl (C=O) groups is 1. The summed E-state index contributed by atoms with van der Waals surface area (Å²) in [6.07, 6.45) is 6.11. The SMILES string of the molecule is CCCn1ncc2c(C(=O)N3CCN(S(C)(=O)=O)CC3)cc(C3CC3)nc21. The van der Waals surface area contributed by atoms with Crippen molar-refractivity contribution in [1.82, 2.24) is 24.0 Å². The average Bonchev–Trinajstić information content (AvgIpc) is 3.42. The Morgan fingerprint density at radius 2 is 1.93 bits per heavy atom. The number of hydrogen-bond acceptors (Lipinski definition) is 5. The zero-order valence-electron chi connectivity index (χ0n) is 15.8. The van der Waals surface area contributed by atoms with Crippen LogP contribution in [0.15, 0.2) is 12.3 Å². The van der Waals surface area contributed by atoms with Gasteiger partial charge < -0.3 is 4.90 Å². The van der Waals surface area contributed by atoms with Crippen LogP contribution in [0.3, 0.4) is 0 Å². The van der Waals surface area contributed by atoms with Gasteiger partial charge >= 0.3 is 0 Å². The molecule has 1 saturated heterocycles. The Labute approximate surface area is 159 Å². The summed E-state index contributed by atoms with van der Waals surface area (Å²) >= 11 is 0. The van der Waals surface area contributed by atoms with Crippen LogP contribution >= 0.6 is 0 Å². The smallest absolute Gasteiger partial charge is 0.254 e. The quantitative estimate of drug-likeness (QED) is 0.769. The number of sulfonamides is 1. The molecule has 8 nitrogen and oxygen atoms in total. The van der Waals surface area contributed by atoms with E-state index in [4.69, 9.17) is 4.98 Å². The maximum atomic E-state index is 13.2. The van der Waals surface area contributed by atoms with E-state index < -0.39 is 10.0 Å². The molecule has 1 saturated carbocycles. The molecule has 0 N–H and O–H groups in total. The Balaban J connectivity index is 1.65. The van der Waals surface area contributed by atoms with Crippen LogP contribution < -0.4 is 0 Å². The minimum absolute atomic E-state index is 0.0616. The molecule has 2 aromatic heterocycles. The molecule has 3 heterocycles. The molecule has 27 heavy (non-hydrogen) atoms. The molecule has 2 fully saturated rings. The topological polar surface area (TPSA) is 88.4 Å². The molecule has 146 valence electrons. The number of rotatable bonds is 5. The lowest BCUT2D eigenvalue weighted by Gasteiger charge is -2.33. The van der Waals surface area contributed by atoms with Crippen LogP contribution in [0, 0.1) is 0 Å². The van der Waals surface area contributed by atoms with Crippen molar-refractivity contribution in [3.05, 3.63) is 23.5 Å². The highest BCUT2D eigenvalue weighted by Crippen LogP contribution is 2.40. The third-order valence-corrected chi connectivity index (χ3v) is 6.59. The summed E-state index contributed by atoms with van der Waals surface area (Å²) in [6, 6.07) is 1.92. The van der Waals surface area contributed by atoms with Crippen molar-refractivity contribution >= 4 is 27.0 Å². The molecule has 1 aliphatic heterocycles. The van der Waals surface area contributed by atoms with Gasteiger partial charge in [0, 0.05) is 44.3 Å². The summed E-state index contributed by atoms with van der Waals surface area (Å²) in [7, 11) is -3.21. The number of amides is 1. The van der Waals surface area contributed by atoms with Crippen LogP contribution in [-0.2, 0) is 16.6 Å². The first-order valence-corrected chi connectivity index (χ1v) is 11.3. The lowest BCUT2D eigenvalue weighted by molar-refractivity contribution is 0.0700. The van der Waals surface area contributed by atoms with E-state index in [2.05, 4.69) is 12.0 Å². The number of carbonyl (C=O) groups excluding carboxylic acids is 1. The van der Waals surface area contributed by atoms with E-state index in [1.54, 1.807) is 11.1 Å². The largest absolute Gasteiger partial charge is 0.336 e. The van der Waals surface area contributed by atoms with Crippen molar-refractivity contribution in [2.45, 2.75) is 38.6 Å². The van der Waals surface area contributed by atoms with Gasteiger partial charge in [0.1, 0.15) is 0 Å². The Morgan fingerprint density at radius 1 is 1.22 bits per heavy atom. The first kappa shape index (κ1) is 18.4. The zero-order chi connectivity index (χ0) is 19.2. The van der Waals surface area contributed by atoms with E-state index >= 15 is 0 Å². The van der Waals surface area contributed by atoms with Gasteiger partial charge in [0.15, 0.2) is 5.65 Å². The summed E-state index contributed by atoms with van der Waals surface area (Å²) in [4.78, 5) is 19.8. The van der Waals surface area contributed by atoms with Gasteiger partial charge in [0.05, 0.1) is 23.4 Å². The maximum Gasteiger partial charge on any atom is 0.254 e. The van der Waals surface area contributed by atoms with Gasteiger partial charge in [-0.25, -0.2) is 18.1 Å². The van der Waals surface area contributed by atoms with Crippen molar-refractivity contribution in [3.63, 3.8) is 0 Å². The van der Waals surface area contributed by atoms with E-state index in [0.717, 1.165) is 42.5 Å². The molecule has 0 spiro atoms. The van der Waals surface area contributed by atoms with E-state index in [1.807, 2.05) is 10.7 Å². The van der Waals surface area contributed by atoms with Crippen molar-refractivity contribution in [2.75, 3.05) is 32.4 Å². The van der Waals surface area contributed by atoms with Crippen molar-refractivity contribution in [2.24, 2.45) is 0 Å². The predicted molar refractivity (Wildman–Crippen MR) is 102 cm³/mol. The molecule has 1 aliphatic carbocycles. The van der Waals surface area contributed by atoms with Gasteiger partial charge in [-0.05, 0) is 25.3 Å². The molecule has 0 unspecified atom stereocenters. The lowest BCUT2D eigenvalue weighted by Crippen LogP contribution is -2.50. The Hall–Kier alpha value is -2.00. The first-order valence-electron chi connectivity index (χ1n) is 9.49. The van der Waals surface area contributed by atoms with Crippen LogP contribution in [0.1, 0.15) is 48.2 Å². The Kier molecular flexibility index (Phi) is 4.67. The van der Waals surface area contributed by atoms with Gasteiger partial charge in [0.25, 0.3) is 5.91 Å². The normalized spacial score (nSPS) is 19.0. The second-order valence-electron chi connectivity index (χ2n) is 7.43. The first-order chi connectivity index (χ1) is 12.9. The predicted octanol–water partition coefficient (Wildman–Crippen LogP) is 1.44. The number of piperazine rings is 1. The molecule has 0 atom stereocenters. The van der Waals surface area contributed by atoms with Crippen LogP contribution in [-0.4, -0.2) is 70.7 Å². The summed E-state index contributed by atoms with van der Waals surface area (Å²) in [5.74, 6) is 0.376. The number of aryl methyl sites for hydroxylation is 1. The molecule has 4 rings (SSSR count). The van der Waals surface area contributed by atoms with Crippen LogP contribution in [0.4, 0.5) is 0 Å². The van der Waals surface area contributed by atoms with E-state index in [0.29, 0.717) is 37.7 Å². The van der Waals surface area contributed by atoms with Crippen molar-refractivity contribution < 1.29 is 13.2 Å². The summed E-state index contributed by atoms with van der Waals surface area (Å²) in [5, 5.41) is 5.22. The van der Waals surface area contributed by atoms with Gasteiger partial charge in [0.2, 0.25) is 10.0 Å². The monoisotopic (exact) mass is 391 g/mol. The molecule has 9 heteroatoms. The fourth-order valence-corrected chi connectivity index (χ4v) is 4.43. The Bertz CT molecular complexity index is 972. The van der Waals surface area contributed by atoms with Crippen LogP contribution in [0.25, 0.3) is 11.0 Å². The highest BCUT2D eigenvalue weighted by atomic mass is 32.2. The minimum Gasteiger partial charge on any atom is -0.336 e. The fourth-order valence-electron chi connectivity index (χ4n) is 3.60. The number of hydrogen-bond donors (Lipinski definition) is 0. The summed E-state index contributed by atoms with van der Waals surface area (Å²) in [6.45, 7) is 4.33. The molecule has 1 amide bonds. The second-order valence-corrected chi connectivity index (χ2v) is 9.41. The molecular weight excluding hydrogens is 366 g/mol. The van der Waals surface area contributed by atoms with Crippen molar-refractivity contribution in [1.29, 1.82) is 0 Å². The highest BCUT2D eigenvalue weighted by molar-refractivity contribution is 7.88. The summed E-state index contributed by atoms with van der Waals surface area (Å²) in [5.41, 5.74) is 2.38. The van der Waals surface area contributed by atoms with Gasteiger partial charge in [-0.3, -0.25) is 4.79 Å². The molecule has 0 bridgehead atoms. The molecular formula is C18H25N5O3S. The number of aromatic nitrogens is 3. The van der Waals surface area contributed by atoms with Gasteiger partial charge in [-0.2, -0.15) is 9.40 Å². The van der Waals surface area contributed by atoms with Crippen molar-refractivity contribution in [3.8, 4) is 0 Å². The zero-order valence-corrected chi connectivity index (χ0v) is 16.6. The molecule has 2 aromatic rings. The van der Waals surface area contributed by atoms with Gasteiger partial charge in [-0.15, -0.1) is 0 Å². The number of nitrogens with zero attached hydrogens (tertiary/aromatic N) is 5. The third-order valence-electron chi connectivity index (χ3n) is 5.29. The molecule has 0 radical (unpaired) electrons. The standard InChI is InChI=1S/C18H25N5O3S/c1-3-6-23-17-15(12-19-23)14(11-16(20-17)13-4-5-13)18(24)21-7-9-22(10-8-21)27(2,25)26/h11-13H,3-10H2,1-2H3. The Morgan fingerprint density at radius 3 is 2.52 bits per heavy atom. The molecule has 2 aliphatic rings. The van der Waals surface area contributed by atoms with Crippen LogP contribution in [0.5, 0.6) is 0 Å². The minimum atomic E-state index is -3.21.